The Morgan fingerprint density at radius 3 is 2.67 bits per heavy atom. The number of halogens is 3. The van der Waals surface area contributed by atoms with Gasteiger partial charge in [-0.2, -0.15) is 5.10 Å². The van der Waals surface area contributed by atoms with E-state index in [1.165, 1.54) is 29.2 Å². The predicted molar refractivity (Wildman–Crippen MR) is 142 cm³/mol. The Balaban J connectivity index is 1.41. The first-order valence-electron chi connectivity index (χ1n) is 12.6. The second-order valence-corrected chi connectivity index (χ2v) is 10.0. The summed E-state index contributed by atoms with van der Waals surface area (Å²) in [4.78, 5) is 31.8. The maximum Gasteiger partial charge on any atom is 0.586 e. The molecule has 9 nitrogen and oxygen atoms in total. The van der Waals surface area contributed by atoms with Crippen molar-refractivity contribution in [1.82, 2.24) is 9.78 Å². The minimum Gasteiger partial charge on any atom is -0.458 e. The molecule has 0 saturated heterocycles. The number of furan rings is 1. The normalized spacial score (nSPS) is 15.6. The quantitative estimate of drug-likeness (QED) is 0.247. The molecule has 0 spiro atoms. The van der Waals surface area contributed by atoms with E-state index < -0.39 is 24.3 Å². The lowest BCUT2D eigenvalue weighted by Gasteiger charge is -2.22. The van der Waals surface area contributed by atoms with E-state index in [0.29, 0.717) is 16.3 Å². The molecule has 4 aromatic rings. The smallest absolute Gasteiger partial charge is 0.458 e. The molecular formula is C28H21ClF2N4O5. The van der Waals surface area contributed by atoms with E-state index in [-0.39, 0.29) is 52.0 Å². The number of likely N-dealkylation sites (N-methyl/N-ethyl adjacent to an activating group) is 1. The van der Waals surface area contributed by atoms with E-state index >= 15 is 0 Å². The highest BCUT2D eigenvalue weighted by Gasteiger charge is 2.43. The summed E-state index contributed by atoms with van der Waals surface area (Å²) in [5, 5.41) is 5.06. The van der Waals surface area contributed by atoms with Crippen molar-refractivity contribution < 1.29 is 27.5 Å². The number of aromatic nitrogens is 2. The van der Waals surface area contributed by atoms with Crippen LogP contribution in [0.5, 0.6) is 11.5 Å². The molecule has 2 aliphatic rings. The zero-order valence-electron chi connectivity index (χ0n) is 21.1. The van der Waals surface area contributed by atoms with Crippen LogP contribution in [0.3, 0.4) is 0 Å². The molecule has 0 atom stereocenters. The fourth-order valence-corrected chi connectivity index (χ4v) is 5.11. The van der Waals surface area contributed by atoms with Crippen molar-refractivity contribution in [2.75, 3.05) is 11.4 Å². The molecule has 2 aromatic carbocycles. The van der Waals surface area contributed by atoms with E-state index in [0.717, 1.165) is 23.9 Å². The third-order valence-corrected chi connectivity index (χ3v) is 7.26. The van der Waals surface area contributed by atoms with Crippen LogP contribution in [0.4, 0.5) is 20.2 Å². The first kappa shape index (κ1) is 25.8. The van der Waals surface area contributed by atoms with Crippen LogP contribution in [0.2, 0.25) is 5.02 Å². The van der Waals surface area contributed by atoms with Crippen molar-refractivity contribution >= 4 is 39.9 Å². The van der Waals surface area contributed by atoms with Crippen molar-refractivity contribution in [1.29, 1.82) is 0 Å². The number of rotatable bonds is 6. The van der Waals surface area contributed by atoms with Gasteiger partial charge in [0.1, 0.15) is 18.0 Å². The lowest BCUT2D eigenvalue weighted by atomic mass is 9.83. The van der Waals surface area contributed by atoms with Crippen LogP contribution in [0.1, 0.15) is 37.9 Å². The third kappa shape index (κ3) is 4.54. The van der Waals surface area contributed by atoms with Gasteiger partial charge in [0.15, 0.2) is 22.8 Å². The molecule has 1 saturated carbocycles. The molecule has 204 valence electrons. The zero-order chi connectivity index (χ0) is 28.2. The van der Waals surface area contributed by atoms with Crippen LogP contribution in [0.25, 0.3) is 27.1 Å². The van der Waals surface area contributed by atoms with E-state index in [1.807, 2.05) is 0 Å². The van der Waals surface area contributed by atoms with Gasteiger partial charge in [-0.05, 0) is 61.7 Å². The predicted octanol–water partition coefficient (Wildman–Crippen LogP) is 6.50. The van der Waals surface area contributed by atoms with Crippen LogP contribution in [-0.4, -0.2) is 28.5 Å². The SMILES string of the molecule is [C-]#[N+]c1cc(Cl)cc(-c2nn(CC(=O)N(CC)c3ccc4c(c3)OC(F)(F)O4)c(=O)c3cc(C4CCC4)oc23)c1. The topological polar surface area (TPSA) is 91.2 Å². The molecule has 12 heteroatoms. The van der Waals surface area contributed by atoms with E-state index in [9.17, 15) is 18.4 Å². The van der Waals surface area contributed by atoms with Crippen LogP contribution in [-0.2, 0) is 11.3 Å². The van der Waals surface area contributed by atoms with Crippen LogP contribution < -0.4 is 19.9 Å². The standard InChI is InChI=1S/C28H21ClF2N4O5/c1-3-34(19-7-8-21-23(12-19)40-28(30,31)39-21)24(36)14-35-27(37)20-13-22(15-5-4-6-15)38-26(20)25(33-35)16-9-17(29)11-18(10-16)32-2/h7-13,15H,3-6,14H2,1H3. The Morgan fingerprint density at radius 2 is 1.98 bits per heavy atom. The lowest BCUT2D eigenvalue weighted by molar-refractivity contribution is -0.286. The second-order valence-electron chi connectivity index (χ2n) is 9.58. The molecule has 40 heavy (non-hydrogen) atoms. The van der Waals surface area contributed by atoms with Crippen molar-refractivity contribution in [3.8, 4) is 22.8 Å². The second kappa shape index (κ2) is 9.64. The highest BCUT2D eigenvalue weighted by atomic mass is 35.5. The summed E-state index contributed by atoms with van der Waals surface area (Å²) in [6.45, 7) is 8.85. The molecule has 2 aromatic heterocycles. The fourth-order valence-electron chi connectivity index (χ4n) is 4.88. The van der Waals surface area contributed by atoms with Crippen molar-refractivity contribution in [2.24, 2.45) is 0 Å². The van der Waals surface area contributed by atoms with Crippen molar-refractivity contribution in [2.45, 2.75) is 44.9 Å². The number of anilines is 1. The highest BCUT2D eigenvalue weighted by molar-refractivity contribution is 6.31. The Kier molecular flexibility index (Phi) is 6.22. The van der Waals surface area contributed by atoms with E-state index in [4.69, 9.17) is 22.6 Å². The molecule has 0 radical (unpaired) electrons. The number of carbonyl (C=O) groups excluding carboxylic acids is 1. The largest absolute Gasteiger partial charge is 0.586 e. The maximum atomic E-state index is 13.5. The van der Waals surface area contributed by atoms with Crippen LogP contribution in [0.15, 0.2) is 51.7 Å². The minimum atomic E-state index is -3.79. The zero-order valence-corrected chi connectivity index (χ0v) is 21.9. The molecule has 1 aliphatic carbocycles. The summed E-state index contributed by atoms with van der Waals surface area (Å²) in [5.41, 5.74) is 1.04. The van der Waals surface area contributed by atoms with Crippen molar-refractivity contribution in [3.63, 3.8) is 0 Å². The molecule has 1 aliphatic heterocycles. The van der Waals surface area contributed by atoms with Gasteiger partial charge in [-0.1, -0.05) is 18.0 Å². The highest BCUT2D eigenvalue weighted by Crippen LogP contribution is 2.43. The summed E-state index contributed by atoms with van der Waals surface area (Å²) in [7, 11) is 0. The van der Waals surface area contributed by atoms with Gasteiger partial charge in [-0.15, -0.1) is 8.78 Å². The number of benzene rings is 2. The number of hydrogen-bond donors (Lipinski definition) is 0. The fraction of sp³-hybridized carbons (Fsp3) is 0.286. The lowest BCUT2D eigenvalue weighted by Crippen LogP contribution is -2.37. The summed E-state index contributed by atoms with van der Waals surface area (Å²) >= 11 is 6.26. The van der Waals surface area contributed by atoms with E-state index in [2.05, 4.69) is 19.4 Å². The number of nitrogens with zero attached hydrogens (tertiary/aromatic N) is 4. The van der Waals surface area contributed by atoms with Gasteiger partial charge >= 0.3 is 6.29 Å². The summed E-state index contributed by atoms with van der Waals surface area (Å²) in [6.07, 6.45) is -0.831. The Bertz CT molecular complexity index is 1770. The third-order valence-electron chi connectivity index (χ3n) is 7.04. The number of ether oxygens (including phenoxy) is 2. The van der Waals surface area contributed by atoms with Crippen molar-refractivity contribution in [3.05, 3.63) is 75.0 Å². The summed E-state index contributed by atoms with van der Waals surface area (Å²) in [5.74, 6) is 0.00907. The number of hydrogen-bond acceptors (Lipinski definition) is 6. The van der Waals surface area contributed by atoms with Crippen LogP contribution >= 0.6 is 11.6 Å². The van der Waals surface area contributed by atoms with Gasteiger partial charge in [0.2, 0.25) is 5.91 Å². The number of fused-ring (bicyclic) bond motifs is 2. The maximum absolute atomic E-state index is 13.5. The molecule has 1 fully saturated rings. The van der Waals surface area contributed by atoms with Gasteiger partial charge in [0, 0.05) is 29.2 Å². The molecule has 3 heterocycles. The van der Waals surface area contributed by atoms with Gasteiger partial charge in [0.25, 0.3) is 5.56 Å². The minimum absolute atomic E-state index is 0.146. The molecule has 0 unspecified atom stereocenters. The monoisotopic (exact) mass is 566 g/mol. The Morgan fingerprint density at radius 1 is 1.20 bits per heavy atom. The van der Waals surface area contributed by atoms with Gasteiger partial charge < -0.3 is 18.8 Å². The molecule has 0 bridgehead atoms. The number of amides is 1. The average Bonchev–Trinajstić information content (AvgIpc) is 3.44. The number of carbonyl (C=O) groups is 1. The first-order valence-corrected chi connectivity index (χ1v) is 13.0. The Hall–Kier alpha value is -4.43. The molecule has 1 amide bonds. The van der Waals surface area contributed by atoms with Gasteiger partial charge in [-0.25, -0.2) is 9.53 Å². The van der Waals surface area contributed by atoms with Gasteiger partial charge in [-0.3, -0.25) is 9.59 Å². The molecule has 0 N–H and O–H groups in total. The summed E-state index contributed by atoms with van der Waals surface area (Å²) in [6, 6.07) is 10.4. The molecular weight excluding hydrogens is 546 g/mol. The number of alkyl halides is 2. The van der Waals surface area contributed by atoms with Crippen LogP contribution in [0, 0.1) is 6.57 Å². The first-order chi connectivity index (χ1) is 19.2. The van der Waals surface area contributed by atoms with E-state index in [1.54, 1.807) is 25.1 Å². The molecule has 6 rings (SSSR count). The average molecular weight is 567 g/mol. The summed E-state index contributed by atoms with van der Waals surface area (Å²) < 4.78 is 43.1. The van der Waals surface area contributed by atoms with Gasteiger partial charge in [0.05, 0.1) is 12.0 Å². The Labute approximate surface area is 231 Å².